The van der Waals surface area contributed by atoms with E-state index in [2.05, 4.69) is 19.2 Å². The molecule has 0 bridgehead atoms. The maximum Gasteiger partial charge on any atom is 0.129 e. The molecule has 0 radical (unpaired) electrons. The van der Waals surface area contributed by atoms with E-state index in [9.17, 15) is 4.39 Å². The quantitative estimate of drug-likeness (QED) is 0.758. The summed E-state index contributed by atoms with van der Waals surface area (Å²) in [6.45, 7) is 9.26. The average molecular weight is 291 g/mol. The van der Waals surface area contributed by atoms with Gasteiger partial charge in [-0.1, -0.05) is 38.8 Å². The summed E-state index contributed by atoms with van der Waals surface area (Å²) in [6.07, 6.45) is 6.62. The summed E-state index contributed by atoms with van der Waals surface area (Å²) in [5.74, 6) is 1.64. The zero-order valence-electron chi connectivity index (χ0n) is 14.0. The fourth-order valence-electron chi connectivity index (χ4n) is 3.60. The van der Waals surface area contributed by atoms with Crippen LogP contribution >= 0.6 is 0 Å². The Hall–Kier alpha value is -0.890. The van der Waals surface area contributed by atoms with Gasteiger partial charge in [0.25, 0.3) is 0 Å². The highest BCUT2D eigenvalue weighted by atomic mass is 19.1. The van der Waals surface area contributed by atoms with Crippen molar-refractivity contribution in [1.82, 2.24) is 5.32 Å². The van der Waals surface area contributed by atoms with Gasteiger partial charge in [0.15, 0.2) is 0 Å². The van der Waals surface area contributed by atoms with E-state index >= 15 is 0 Å². The molecule has 118 valence electrons. The SMILES string of the molecule is Cc1cc(CNC2CCCC(C(C)C)CC2)cc(C)c1F. The molecule has 1 aliphatic carbocycles. The predicted octanol–water partition coefficient (Wildman–Crippen LogP) is 5.14. The summed E-state index contributed by atoms with van der Waals surface area (Å²) in [5, 5.41) is 3.69. The van der Waals surface area contributed by atoms with Crippen molar-refractivity contribution < 1.29 is 4.39 Å². The van der Waals surface area contributed by atoms with Crippen LogP contribution in [-0.2, 0) is 6.54 Å². The van der Waals surface area contributed by atoms with Gasteiger partial charge in [0.2, 0.25) is 0 Å². The van der Waals surface area contributed by atoms with Crippen LogP contribution in [0.3, 0.4) is 0 Å². The third-order valence-electron chi connectivity index (χ3n) is 5.05. The fraction of sp³-hybridized carbons (Fsp3) is 0.684. The molecular weight excluding hydrogens is 261 g/mol. The third-order valence-corrected chi connectivity index (χ3v) is 5.05. The smallest absolute Gasteiger partial charge is 0.129 e. The van der Waals surface area contributed by atoms with E-state index in [0.717, 1.165) is 29.5 Å². The first-order valence-corrected chi connectivity index (χ1v) is 8.46. The van der Waals surface area contributed by atoms with Crippen molar-refractivity contribution >= 4 is 0 Å². The number of aryl methyl sites for hydroxylation is 2. The molecule has 0 amide bonds. The third kappa shape index (κ3) is 4.54. The Balaban J connectivity index is 1.88. The van der Waals surface area contributed by atoms with E-state index in [1.165, 1.54) is 37.7 Å². The van der Waals surface area contributed by atoms with Crippen LogP contribution in [0.15, 0.2) is 12.1 Å². The highest BCUT2D eigenvalue weighted by Gasteiger charge is 2.20. The summed E-state index contributed by atoms with van der Waals surface area (Å²) in [5.41, 5.74) is 2.72. The van der Waals surface area contributed by atoms with Gasteiger partial charge >= 0.3 is 0 Å². The normalized spacial score (nSPS) is 23.3. The van der Waals surface area contributed by atoms with Crippen molar-refractivity contribution in [3.8, 4) is 0 Å². The molecule has 1 aromatic rings. The van der Waals surface area contributed by atoms with Crippen molar-refractivity contribution in [2.24, 2.45) is 11.8 Å². The van der Waals surface area contributed by atoms with Gasteiger partial charge in [-0.2, -0.15) is 0 Å². The lowest BCUT2D eigenvalue weighted by molar-refractivity contribution is 0.337. The van der Waals surface area contributed by atoms with E-state index in [0.29, 0.717) is 6.04 Å². The second kappa shape index (κ2) is 7.40. The molecule has 1 fully saturated rings. The van der Waals surface area contributed by atoms with Crippen LogP contribution in [0.2, 0.25) is 0 Å². The molecule has 0 heterocycles. The van der Waals surface area contributed by atoms with E-state index in [1.807, 2.05) is 26.0 Å². The Bertz CT molecular complexity index is 444. The van der Waals surface area contributed by atoms with Gasteiger partial charge < -0.3 is 5.32 Å². The number of hydrogen-bond donors (Lipinski definition) is 1. The molecule has 0 spiro atoms. The lowest BCUT2D eigenvalue weighted by atomic mass is 9.89. The molecule has 0 saturated heterocycles. The summed E-state index contributed by atoms with van der Waals surface area (Å²) in [6, 6.07) is 4.57. The zero-order valence-corrected chi connectivity index (χ0v) is 14.0. The maximum absolute atomic E-state index is 13.7. The Kier molecular flexibility index (Phi) is 5.80. The van der Waals surface area contributed by atoms with Gasteiger partial charge in [0, 0.05) is 12.6 Å². The Morgan fingerprint density at radius 1 is 1.10 bits per heavy atom. The molecule has 1 saturated carbocycles. The van der Waals surface area contributed by atoms with Crippen molar-refractivity contribution in [2.75, 3.05) is 0 Å². The highest BCUT2D eigenvalue weighted by Crippen LogP contribution is 2.29. The molecular formula is C19H30FN. The summed E-state index contributed by atoms with van der Waals surface area (Å²) in [4.78, 5) is 0. The first kappa shape index (κ1) is 16.5. The number of rotatable bonds is 4. The van der Waals surface area contributed by atoms with Crippen LogP contribution in [0, 0.1) is 31.5 Å². The fourth-order valence-corrected chi connectivity index (χ4v) is 3.60. The van der Waals surface area contributed by atoms with Crippen LogP contribution in [0.5, 0.6) is 0 Å². The minimum Gasteiger partial charge on any atom is -0.310 e. The monoisotopic (exact) mass is 291 g/mol. The Labute approximate surface area is 129 Å². The Morgan fingerprint density at radius 2 is 1.76 bits per heavy atom. The zero-order chi connectivity index (χ0) is 15.4. The van der Waals surface area contributed by atoms with Crippen molar-refractivity contribution in [3.63, 3.8) is 0 Å². The van der Waals surface area contributed by atoms with E-state index < -0.39 is 0 Å². The van der Waals surface area contributed by atoms with Gasteiger partial charge in [0.05, 0.1) is 0 Å². The first-order valence-electron chi connectivity index (χ1n) is 8.46. The van der Waals surface area contributed by atoms with Crippen LogP contribution in [0.1, 0.15) is 62.6 Å². The highest BCUT2D eigenvalue weighted by molar-refractivity contribution is 5.30. The van der Waals surface area contributed by atoms with Crippen LogP contribution in [0.25, 0.3) is 0 Å². The molecule has 1 nitrogen and oxygen atoms in total. The molecule has 2 heteroatoms. The molecule has 2 unspecified atom stereocenters. The molecule has 2 atom stereocenters. The van der Waals surface area contributed by atoms with Crippen LogP contribution in [0.4, 0.5) is 4.39 Å². The number of hydrogen-bond acceptors (Lipinski definition) is 1. The first-order chi connectivity index (χ1) is 9.97. The predicted molar refractivity (Wildman–Crippen MR) is 87.9 cm³/mol. The Morgan fingerprint density at radius 3 is 2.38 bits per heavy atom. The lowest BCUT2D eigenvalue weighted by Gasteiger charge is -2.19. The van der Waals surface area contributed by atoms with Crippen molar-refractivity contribution in [3.05, 3.63) is 34.6 Å². The van der Waals surface area contributed by atoms with Crippen LogP contribution < -0.4 is 5.32 Å². The molecule has 2 rings (SSSR count). The largest absolute Gasteiger partial charge is 0.310 e. The number of halogens is 1. The summed E-state index contributed by atoms with van der Waals surface area (Å²) < 4.78 is 13.7. The second-order valence-electron chi connectivity index (χ2n) is 7.13. The number of benzene rings is 1. The van der Waals surface area contributed by atoms with Gasteiger partial charge in [-0.3, -0.25) is 0 Å². The molecule has 1 aliphatic rings. The van der Waals surface area contributed by atoms with E-state index in [1.54, 1.807) is 0 Å². The van der Waals surface area contributed by atoms with E-state index in [-0.39, 0.29) is 5.82 Å². The van der Waals surface area contributed by atoms with E-state index in [4.69, 9.17) is 0 Å². The maximum atomic E-state index is 13.7. The lowest BCUT2D eigenvalue weighted by Crippen LogP contribution is -2.28. The molecule has 0 aromatic heterocycles. The molecule has 21 heavy (non-hydrogen) atoms. The summed E-state index contributed by atoms with van der Waals surface area (Å²) >= 11 is 0. The average Bonchev–Trinajstić information content (AvgIpc) is 2.68. The molecule has 1 aromatic carbocycles. The molecule has 0 aliphatic heterocycles. The molecule has 1 N–H and O–H groups in total. The van der Waals surface area contributed by atoms with Gasteiger partial charge in [-0.25, -0.2) is 4.39 Å². The topological polar surface area (TPSA) is 12.0 Å². The minimum absolute atomic E-state index is 0.0620. The summed E-state index contributed by atoms with van der Waals surface area (Å²) in [7, 11) is 0. The second-order valence-corrected chi connectivity index (χ2v) is 7.13. The standard InChI is InChI=1S/C19H30FN/c1-13(2)17-6-5-7-18(9-8-17)21-12-16-10-14(3)19(20)15(4)11-16/h10-11,13,17-18,21H,5-9,12H2,1-4H3. The van der Waals surface area contributed by atoms with Crippen LogP contribution in [-0.4, -0.2) is 6.04 Å². The van der Waals surface area contributed by atoms with Gasteiger partial charge in [-0.15, -0.1) is 0 Å². The minimum atomic E-state index is -0.0620. The number of nitrogens with one attached hydrogen (secondary N) is 1. The van der Waals surface area contributed by atoms with Gasteiger partial charge in [-0.05, 0) is 61.6 Å². The van der Waals surface area contributed by atoms with Gasteiger partial charge in [0.1, 0.15) is 5.82 Å². The van der Waals surface area contributed by atoms with Crippen molar-refractivity contribution in [2.45, 2.75) is 72.4 Å². The van der Waals surface area contributed by atoms with Crippen molar-refractivity contribution in [1.29, 1.82) is 0 Å².